The van der Waals surface area contributed by atoms with Gasteiger partial charge in [-0.25, -0.2) is 0 Å². The molecule has 0 saturated carbocycles. The summed E-state index contributed by atoms with van der Waals surface area (Å²) in [6.07, 6.45) is 0. The Morgan fingerprint density at radius 3 is 1.90 bits per heavy atom. The van der Waals surface area contributed by atoms with Crippen LogP contribution in [0.25, 0.3) is 0 Å². The second-order valence-corrected chi connectivity index (χ2v) is 6.24. The van der Waals surface area contributed by atoms with Gasteiger partial charge in [-0.15, -0.1) is 0 Å². The van der Waals surface area contributed by atoms with Crippen LogP contribution in [0.2, 0.25) is 0 Å². The minimum absolute atomic E-state index is 0.105. The summed E-state index contributed by atoms with van der Waals surface area (Å²) in [6.45, 7) is 12.4. The number of likely N-dealkylation sites (N-methyl/N-ethyl adjacent to an activating group) is 1. The van der Waals surface area contributed by atoms with Crippen molar-refractivity contribution < 1.29 is 14.3 Å². The Kier molecular flexibility index (Phi) is 17.2. The lowest BCUT2D eigenvalue weighted by Crippen LogP contribution is -2.40. The molecule has 2 aromatic rings. The molecular weight excluding hydrogens is 376 g/mol. The highest BCUT2D eigenvalue weighted by Crippen LogP contribution is 2.08. The molecule has 1 heterocycles. The van der Waals surface area contributed by atoms with E-state index in [1.165, 1.54) is 0 Å². The van der Waals surface area contributed by atoms with E-state index >= 15 is 0 Å². The number of morpholine rings is 1. The third-order valence-corrected chi connectivity index (χ3v) is 3.87. The predicted molar refractivity (Wildman–Crippen MR) is 126 cm³/mol. The average molecular weight is 417 g/mol. The highest BCUT2D eigenvalue weighted by Gasteiger charge is 2.17. The quantitative estimate of drug-likeness (QED) is 0.699. The highest BCUT2D eigenvalue weighted by atomic mass is 16.5. The molecule has 1 amide bonds. The van der Waals surface area contributed by atoms with E-state index < -0.39 is 0 Å². The first-order valence-electron chi connectivity index (χ1n) is 10.9. The number of hydrogen-bond donors (Lipinski definition) is 0. The maximum Gasteiger partial charge on any atom is 0.254 e. The van der Waals surface area contributed by atoms with Crippen molar-refractivity contribution in [2.45, 2.75) is 27.7 Å². The lowest BCUT2D eigenvalue weighted by atomic mass is 10.2. The van der Waals surface area contributed by atoms with Crippen molar-refractivity contribution in [1.82, 2.24) is 9.80 Å². The number of ether oxygens (including phenoxy) is 2. The smallest absolute Gasteiger partial charge is 0.254 e. The van der Waals surface area contributed by atoms with Gasteiger partial charge >= 0.3 is 0 Å². The average Bonchev–Trinajstić information content (AvgIpc) is 2.83. The molecule has 0 aliphatic carbocycles. The Bertz CT molecular complexity index is 627. The molecule has 0 radical (unpaired) electrons. The summed E-state index contributed by atoms with van der Waals surface area (Å²) in [5.41, 5.74) is 0.759. The fourth-order valence-corrected chi connectivity index (χ4v) is 2.39. The van der Waals surface area contributed by atoms with Crippen molar-refractivity contribution >= 4 is 5.91 Å². The second kappa shape index (κ2) is 18.6. The number of rotatable bonds is 5. The van der Waals surface area contributed by atoms with E-state index in [4.69, 9.17) is 9.47 Å². The van der Waals surface area contributed by atoms with E-state index in [9.17, 15) is 4.79 Å². The maximum atomic E-state index is 11.9. The minimum Gasteiger partial charge on any atom is -0.492 e. The zero-order chi connectivity index (χ0) is 22.6. The van der Waals surface area contributed by atoms with Crippen LogP contribution < -0.4 is 4.74 Å². The summed E-state index contributed by atoms with van der Waals surface area (Å²) in [4.78, 5) is 15.8. The molecule has 1 aliphatic rings. The molecule has 0 spiro atoms. The fraction of sp³-hybridized carbons (Fsp3) is 0.480. The van der Waals surface area contributed by atoms with Crippen LogP contribution in [-0.2, 0) is 4.74 Å². The molecule has 0 aromatic heterocycles. The molecule has 168 valence electrons. The van der Waals surface area contributed by atoms with Gasteiger partial charge in [0.25, 0.3) is 5.91 Å². The molecule has 1 saturated heterocycles. The molecule has 30 heavy (non-hydrogen) atoms. The molecule has 0 N–H and O–H groups in total. The fourth-order valence-electron chi connectivity index (χ4n) is 2.39. The first kappa shape index (κ1) is 27.6. The molecule has 1 aliphatic heterocycles. The molecule has 0 unspecified atom stereocenters. The van der Waals surface area contributed by atoms with Gasteiger partial charge in [0.05, 0.1) is 13.2 Å². The molecular formula is C25H40N2O3. The van der Waals surface area contributed by atoms with Gasteiger partial charge in [0, 0.05) is 25.2 Å². The Morgan fingerprint density at radius 2 is 1.40 bits per heavy atom. The van der Waals surface area contributed by atoms with Crippen molar-refractivity contribution in [3.8, 4) is 5.75 Å². The van der Waals surface area contributed by atoms with Gasteiger partial charge in [0.2, 0.25) is 0 Å². The van der Waals surface area contributed by atoms with Gasteiger partial charge in [0.15, 0.2) is 0 Å². The van der Waals surface area contributed by atoms with Gasteiger partial charge in [-0.1, -0.05) is 64.1 Å². The van der Waals surface area contributed by atoms with Crippen LogP contribution in [0.1, 0.15) is 38.1 Å². The van der Waals surface area contributed by atoms with E-state index in [0.717, 1.165) is 24.5 Å². The molecule has 5 nitrogen and oxygen atoms in total. The number of hydrogen-bond acceptors (Lipinski definition) is 4. The van der Waals surface area contributed by atoms with Crippen LogP contribution >= 0.6 is 0 Å². The van der Waals surface area contributed by atoms with Crippen LogP contribution in [0.5, 0.6) is 5.75 Å². The van der Waals surface area contributed by atoms with Crippen LogP contribution in [0.15, 0.2) is 60.7 Å². The lowest BCUT2D eigenvalue weighted by molar-refractivity contribution is 0.0303. The van der Waals surface area contributed by atoms with Crippen molar-refractivity contribution in [2.24, 2.45) is 0 Å². The van der Waals surface area contributed by atoms with Crippen molar-refractivity contribution in [3.63, 3.8) is 0 Å². The number of amides is 1. The highest BCUT2D eigenvalue weighted by molar-refractivity contribution is 5.94. The van der Waals surface area contributed by atoms with Gasteiger partial charge < -0.3 is 19.3 Å². The number of nitrogens with zero attached hydrogens (tertiary/aromatic N) is 2. The second-order valence-electron chi connectivity index (χ2n) is 6.24. The van der Waals surface area contributed by atoms with Crippen LogP contribution in [-0.4, -0.2) is 69.3 Å². The Morgan fingerprint density at radius 1 is 0.900 bits per heavy atom. The predicted octanol–water partition coefficient (Wildman–Crippen LogP) is 4.84. The van der Waals surface area contributed by atoms with Crippen LogP contribution in [0.4, 0.5) is 0 Å². The summed E-state index contributed by atoms with van der Waals surface area (Å²) in [5, 5.41) is 0. The SMILES string of the molecule is CC.CC.CN(C)CCOc1ccccc1.O=C(c1ccccc1)N1CCOCC1. The summed E-state index contributed by atoms with van der Waals surface area (Å²) in [5.74, 6) is 1.05. The summed E-state index contributed by atoms with van der Waals surface area (Å²) in [7, 11) is 4.07. The van der Waals surface area contributed by atoms with Crippen LogP contribution in [0.3, 0.4) is 0 Å². The van der Waals surface area contributed by atoms with Crippen molar-refractivity contribution in [3.05, 3.63) is 66.2 Å². The van der Waals surface area contributed by atoms with E-state index in [1.54, 1.807) is 0 Å². The number of carbonyl (C=O) groups is 1. The summed E-state index contributed by atoms with van der Waals surface area (Å²) < 4.78 is 10.7. The Labute approximate surface area is 183 Å². The molecule has 1 fully saturated rings. The lowest BCUT2D eigenvalue weighted by Gasteiger charge is -2.26. The maximum absolute atomic E-state index is 11.9. The zero-order valence-electron chi connectivity index (χ0n) is 19.6. The van der Waals surface area contributed by atoms with Gasteiger partial charge in [-0.3, -0.25) is 4.79 Å². The van der Waals surface area contributed by atoms with Crippen molar-refractivity contribution in [1.29, 1.82) is 0 Å². The van der Waals surface area contributed by atoms with Crippen LogP contribution in [0, 0.1) is 0 Å². The largest absolute Gasteiger partial charge is 0.492 e. The zero-order valence-corrected chi connectivity index (χ0v) is 19.6. The first-order valence-corrected chi connectivity index (χ1v) is 10.9. The molecule has 0 atom stereocenters. The summed E-state index contributed by atoms with van der Waals surface area (Å²) in [6, 6.07) is 19.2. The number of benzene rings is 2. The van der Waals surface area contributed by atoms with Crippen molar-refractivity contribution in [2.75, 3.05) is 53.6 Å². The van der Waals surface area contributed by atoms with Gasteiger partial charge in [-0.2, -0.15) is 0 Å². The van der Waals surface area contributed by atoms with Gasteiger partial charge in [-0.05, 0) is 38.4 Å². The first-order chi connectivity index (χ1) is 14.7. The van der Waals surface area contributed by atoms with Gasteiger partial charge in [0.1, 0.15) is 12.4 Å². The summed E-state index contributed by atoms with van der Waals surface area (Å²) >= 11 is 0. The Balaban J connectivity index is 0.000000486. The molecule has 2 aromatic carbocycles. The minimum atomic E-state index is 0.105. The molecule has 0 bridgehead atoms. The number of carbonyl (C=O) groups excluding carboxylic acids is 1. The third kappa shape index (κ3) is 12.2. The standard InChI is InChI=1S/C11H13NO2.C10H15NO.2C2H6/c13-11(10-4-2-1-3-5-10)12-6-8-14-9-7-12;1-11(2)8-9-12-10-6-4-3-5-7-10;2*1-2/h1-5H,6-9H2;3-7H,8-9H2,1-2H3;2*1-2H3. The topological polar surface area (TPSA) is 42.0 Å². The van der Waals surface area contributed by atoms with E-state index in [0.29, 0.717) is 26.3 Å². The molecule has 5 heteroatoms. The normalized spacial score (nSPS) is 12.3. The van der Waals surface area contributed by atoms with E-state index in [-0.39, 0.29) is 5.91 Å². The third-order valence-electron chi connectivity index (χ3n) is 3.87. The number of para-hydroxylation sites is 1. The monoisotopic (exact) mass is 416 g/mol. The van der Waals surface area contributed by atoms with E-state index in [2.05, 4.69) is 4.90 Å². The van der Waals surface area contributed by atoms with E-state index in [1.807, 2.05) is 107 Å². The molecule has 3 rings (SSSR count). The Hall–Kier alpha value is -2.37.